The Balaban J connectivity index is 1.46. The highest BCUT2D eigenvalue weighted by atomic mass is 19.1. The molecule has 5 rings (SSSR count). The van der Waals surface area contributed by atoms with Crippen LogP contribution in [0.1, 0.15) is 73.6 Å². The average molecular weight is 511 g/mol. The van der Waals surface area contributed by atoms with Crippen LogP contribution in [0.5, 0.6) is 11.5 Å². The number of carbonyl (C=O) groups excluding carboxylic acids is 2. The first-order valence-corrected chi connectivity index (χ1v) is 12.4. The molecule has 2 aromatic carbocycles. The van der Waals surface area contributed by atoms with Crippen molar-refractivity contribution in [2.24, 2.45) is 10.7 Å². The molecule has 9 nitrogen and oxygen atoms in total. The minimum absolute atomic E-state index is 0.0664. The first-order valence-electron chi connectivity index (χ1n) is 12.4. The van der Waals surface area contributed by atoms with Crippen LogP contribution in [0, 0.1) is 5.82 Å². The summed E-state index contributed by atoms with van der Waals surface area (Å²) in [6, 6.07) is 7.62. The molecule has 0 radical (unpaired) electrons. The van der Waals surface area contributed by atoms with E-state index < -0.39 is 34.9 Å². The van der Waals surface area contributed by atoms with Gasteiger partial charge in [0.25, 0.3) is 5.91 Å². The van der Waals surface area contributed by atoms with Crippen molar-refractivity contribution in [3.8, 4) is 11.5 Å². The van der Waals surface area contributed by atoms with Crippen LogP contribution in [-0.4, -0.2) is 52.1 Å². The summed E-state index contributed by atoms with van der Waals surface area (Å²) in [6.45, 7) is 5.72. The third-order valence-corrected chi connectivity index (χ3v) is 7.49. The summed E-state index contributed by atoms with van der Waals surface area (Å²) in [7, 11) is 0. The number of nitrogens with two attached hydrogens (primary N) is 1. The zero-order chi connectivity index (χ0) is 26.5. The summed E-state index contributed by atoms with van der Waals surface area (Å²) in [4.78, 5) is 32.7. The molecule has 0 saturated heterocycles. The number of nitrogens with one attached hydrogen (secondary N) is 1. The summed E-state index contributed by atoms with van der Waals surface area (Å²) in [6.07, 6.45) is 1.42. The Hall–Kier alpha value is -3.66. The van der Waals surface area contributed by atoms with Gasteiger partial charge in [-0.05, 0) is 56.7 Å². The van der Waals surface area contributed by atoms with Crippen LogP contribution in [0.3, 0.4) is 0 Å². The molecule has 37 heavy (non-hydrogen) atoms. The molecule has 3 aliphatic heterocycles. The second-order valence-electron chi connectivity index (χ2n) is 10.4. The van der Waals surface area contributed by atoms with Gasteiger partial charge < -0.3 is 25.6 Å². The van der Waals surface area contributed by atoms with Crippen molar-refractivity contribution in [1.29, 1.82) is 0 Å². The summed E-state index contributed by atoms with van der Waals surface area (Å²) in [5.74, 6) is 0.0151. The van der Waals surface area contributed by atoms with E-state index in [0.717, 1.165) is 0 Å². The number of guanidine groups is 1. The van der Waals surface area contributed by atoms with Gasteiger partial charge in [0, 0.05) is 23.1 Å². The third-order valence-electron chi connectivity index (χ3n) is 7.49. The molecule has 3 aliphatic rings. The smallest absolute Gasteiger partial charge is 0.251 e. The van der Waals surface area contributed by atoms with Crippen LogP contribution in [0.2, 0.25) is 0 Å². The van der Waals surface area contributed by atoms with E-state index in [4.69, 9.17) is 15.2 Å². The molecular weight excluding hydrogens is 479 g/mol. The average Bonchev–Trinajstić information content (AvgIpc) is 2.85. The van der Waals surface area contributed by atoms with Crippen molar-refractivity contribution in [3.05, 3.63) is 58.9 Å². The zero-order valence-corrected chi connectivity index (χ0v) is 21.1. The molecule has 10 heteroatoms. The number of benzene rings is 2. The van der Waals surface area contributed by atoms with Crippen LogP contribution in [0.25, 0.3) is 0 Å². The monoisotopic (exact) mass is 510 g/mol. The largest absolute Gasteiger partial charge is 0.493 e. The molecule has 3 heterocycles. The van der Waals surface area contributed by atoms with Crippen LogP contribution >= 0.6 is 0 Å². The second kappa shape index (κ2) is 9.02. The van der Waals surface area contributed by atoms with Gasteiger partial charge in [0.2, 0.25) is 5.91 Å². The van der Waals surface area contributed by atoms with Gasteiger partial charge in [0.05, 0.1) is 30.7 Å². The summed E-state index contributed by atoms with van der Waals surface area (Å²) in [5, 5.41) is 13.8. The molecule has 0 aromatic heterocycles. The van der Waals surface area contributed by atoms with E-state index in [1.165, 1.54) is 30.0 Å². The van der Waals surface area contributed by atoms with E-state index in [1.54, 1.807) is 18.2 Å². The predicted molar refractivity (Wildman–Crippen MR) is 134 cm³/mol. The minimum atomic E-state index is -1.46. The Morgan fingerprint density at radius 3 is 2.68 bits per heavy atom. The molecular formula is C27H31FN4O5. The Bertz CT molecular complexity index is 1300. The quantitative estimate of drug-likeness (QED) is 0.581. The van der Waals surface area contributed by atoms with Gasteiger partial charge in [-0.2, -0.15) is 0 Å². The second-order valence-corrected chi connectivity index (χ2v) is 10.4. The topological polar surface area (TPSA) is 126 Å². The lowest BCUT2D eigenvalue weighted by Gasteiger charge is -2.40. The van der Waals surface area contributed by atoms with E-state index in [2.05, 4.69) is 10.3 Å². The summed E-state index contributed by atoms with van der Waals surface area (Å²) in [5.41, 5.74) is 5.58. The fourth-order valence-electron chi connectivity index (χ4n) is 5.20. The van der Waals surface area contributed by atoms with Crippen molar-refractivity contribution in [3.63, 3.8) is 0 Å². The molecule has 4 atom stereocenters. The molecule has 0 aliphatic carbocycles. The van der Waals surface area contributed by atoms with Gasteiger partial charge in [0.1, 0.15) is 29.5 Å². The number of hydrogen-bond donors (Lipinski definition) is 3. The lowest BCUT2D eigenvalue weighted by atomic mass is 9.87. The first kappa shape index (κ1) is 25.0. The molecule has 0 bridgehead atoms. The van der Waals surface area contributed by atoms with Gasteiger partial charge in [-0.1, -0.05) is 6.92 Å². The fraction of sp³-hybridized carbons (Fsp3) is 0.444. The van der Waals surface area contributed by atoms with E-state index in [9.17, 15) is 19.1 Å². The lowest BCUT2D eigenvalue weighted by Crippen LogP contribution is -2.52. The van der Waals surface area contributed by atoms with Crippen LogP contribution in [0.4, 0.5) is 4.39 Å². The van der Waals surface area contributed by atoms with Gasteiger partial charge in [-0.15, -0.1) is 0 Å². The highest BCUT2D eigenvalue weighted by Gasteiger charge is 2.42. The van der Waals surface area contributed by atoms with Gasteiger partial charge in [-0.25, -0.2) is 9.38 Å². The number of aliphatic imine (C=N–C) groups is 1. The minimum Gasteiger partial charge on any atom is -0.493 e. The van der Waals surface area contributed by atoms with E-state index in [-0.39, 0.29) is 24.9 Å². The van der Waals surface area contributed by atoms with Crippen molar-refractivity contribution >= 4 is 17.8 Å². The predicted octanol–water partition coefficient (Wildman–Crippen LogP) is 2.98. The van der Waals surface area contributed by atoms with Crippen molar-refractivity contribution < 1.29 is 28.6 Å². The Kier molecular flexibility index (Phi) is 6.10. The number of amides is 2. The third kappa shape index (κ3) is 4.50. The molecule has 196 valence electrons. The SMILES string of the molecule is CC[C@]1(C)CC(=O)N([C@@H]2CCOc3ccc(C(=O)NC4c5cc(F)ccc5OCC4(C)O)cc32)C(N)=N1. The number of hydrogen-bond acceptors (Lipinski definition) is 7. The maximum atomic E-state index is 14.0. The molecule has 0 saturated carbocycles. The molecule has 2 amide bonds. The van der Waals surface area contributed by atoms with Crippen molar-refractivity contribution in [2.45, 2.75) is 63.3 Å². The highest BCUT2D eigenvalue weighted by molar-refractivity contribution is 6.00. The number of nitrogens with zero attached hydrogens (tertiary/aromatic N) is 2. The van der Waals surface area contributed by atoms with Crippen molar-refractivity contribution in [1.82, 2.24) is 10.2 Å². The number of halogens is 1. The molecule has 0 spiro atoms. The summed E-state index contributed by atoms with van der Waals surface area (Å²) < 4.78 is 25.4. The Morgan fingerprint density at radius 1 is 1.22 bits per heavy atom. The lowest BCUT2D eigenvalue weighted by molar-refractivity contribution is -0.131. The number of aliphatic hydroxyl groups is 1. The number of ether oxygens (including phenoxy) is 2. The number of rotatable bonds is 4. The van der Waals surface area contributed by atoms with Crippen LogP contribution in [0.15, 0.2) is 41.4 Å². The molecule has 2 unspecified atom stereocenters. The maximum absolute atomic E-state index is 14.0. The number of carbonyl (C=O) groups is 2. The Morgan fingerprint density at radius 2 is 1.95 bits per heavy atom. The van der Waals surface area contributed by atoms with Crippen LogP contribution in [-0.2, 0) is 4.79 Å². The maximum Gasteiger partial charge on any atom is 0.251 e. The standard InChI is InChI=1S/C27H31FN4O5/c1-4-26(2)13-22(33)32(25(29)31-26)19-9-10-36-20-7-5-15(11-17(19)20)24(34)30-23-18-12-16(28)6-8-21(18)37-14-27(23,3)35/h5-8,11-12,19,23,35H,4,9-10,13-14H2,1-3H3,(H2,29,31)(H,30,34)/t19-,23?,26-,27?/m1/s1. The van der Waals surface area contributed by atoms with E-state index in [0.29, 0.717) is 47.6 Å². The first-order chi connectivity index (χ1) is 17.5. The Labute approximate surface area is 214 Å². The molecule has 4 N–H and O–H groups in total. The van der Waals surface area contributed by atoms with Crippen molar-refractivity contribution in [2.75, 3.05) is 13.2 Å². The van der Waals surface area contributed by atoms with Gasteiger partial charge >= 0.3 is 0 Å². The molecule has 2 aromatic rings. The number of fused-ring (bicyclic) bond motifs is 2. The zero-order valence-electron chi connectivity index (χ0n) is 21.1. The molecule has 0 fully saturated rings. The van der Waals surface area contributed by atoms with Crippen LogP contribution < -0.4 is 20.5 Å². The summed E-state index contributed by atoms with van der Waals surface area (Å²) >= 11 is 0. The van der Waals surface area contributed by atoms with E-state index in [1.807, 2.05) is 13.8 Å². The normalized spacial score (nSPS) is 28.8. The van der Waals surface area contributed by atoms with Gasteiger partial charge in [0.15, 0.2) is 5.96 Å². The van der Waals surface area contributed by atoms with E-state index >= 15 is 0 Å². The highest BCUT2D eigenvalue weighted by Crippen LogP contribution is 2.41. The van der Waals surface area contributed by atoms with Gasteiger partial charge in [-0.3, -0.25) is 14.5 Å². The fourth-order valence-corrected chi connectivity index (χ4v) is 5.20.